The summed E-state index contributed by atoms with van der Waals surface area (Å²) in [7, 11) is 0. The molecule has 3 rings (SSSR count). The molecule has 1 aliphatic heterocycles. The van der Waals surface area contributed by atoms with Crippen molar-refractivity contribution < 1.29 is 32.2 Å². The number of alkyl halides is 3. The Morgan fingerprint density at radius 1 is 1.21 bits per heavy atom. The molecule has 0 bridgehead atoms. The van der Waals surface area contributed by atoms with Crippen molar-refractivity contribution in [3.63, 3.8) is 0 Å². The smallest absolute Gasteiger partial charge is 0.416 e. The van der Waals surface area contributed by atoms with Gasteiger partial charge in [-0.25, -0.2) is 0 Å². The Hall–Kier alpha value is -2.75. The number of hydrogen-bond acceptors (Lipinski definition) is 4. The Morgan fingerprint density at radius 2 is 1.93 bits per heavy atom. The number of amides is 2. The van der Waals surface area contributed by atoms with Crippen LogP contribution in [0.5, 0.6) is 11.5 Å². The van der Waals surface area contributed by atoms with E-state index in [1.807, 2.05) is 0 Å². The van der Waals surface area contributed by atoms with E-state index in [0.29, 0.717) is 11.4 Å². The fraction of sp³-hybridized carbons (Fsp3) is 0.263. The molecular formula is C19H16BrF3N2O4. The third-order valence-corrected chi connectivity index (χ3v) is 4.53. The van der Waals surface area contributed by atoms with E-state index >= 15 is 0 Å². The van der Waals surface area contributed by atoms with Crippen molar-refractivity contribution in [2.45, 2.75) is 6.18 Å². The topological polar surface area (TPSA) is 67.9 Å². The summed E-state index contributed by atoms with van der Waals surface area (Å²) in [5, 5.41) is 2.61. The molecule has 1 N–H and O–H groups in total. The van der Waals surface area contributed by atoms with Gasteiger partial charge in [0.15, 0.2) is 6.61 Å². The first-order chi connectivity index (χ1) is 13.7. The van der Waals surface area contributed by atoms with Crippen LogP contribution in [0.25, 0.3) is 0 Å². The molecule has 2 aromatic rings. The van der Waals surface area contributed by atoms with Crippen LogP contribution in [0.1, 0.15) is 5.56 Å². The monoisotopic (exact) mass is 472 g/mol. The molecule has 0 unspecified atom stereocenters. The highest BCUT2D eigenvalue weighted by Crippen LogP contribution is 2.34. The van der Waals surface area contributed by atoms with E-state index in [2.05, 4.69) is 21.2 Å². The number of hydrogen-bond donors (Lipinski definition) is 1. The van der Waals surface area contributed by atoms with Gasteiger partial charge in [0.25, 0.3) is 5.91 Å². The van der Waals surface area contributed by atoms with Crippen molar-refractivity contribution in [1.29, 1.82) is 0 Å². The van der Waals surface area contributed by atoms with Gasteiger partial charge in [0.2, 0.25) is 5.91 Å². The van der Waals surface area contributed by atoms with E-state index < -0.39 is 17.6 Å². The summed E-state index contributed by atoms with van der Waals surface area (Å²) in [6, 6.07) is 9.41. The number of carbonyl (C=O) groups is 2. The van der Waals surface area contributed by atoms with Crippen molar-refractivity contribution in [2.24, 2.45) is 0 Å². The van der Waals surface area contributed by atoms with E-state index in [-0.39, 0.29) is 38.0 Å². The fourth-order valence-electron chi connectivity index (χ4n) is 2.65. The van der Waals surface area contributed by atoms with Crippen LogP contribution in [0.4, 0.5) is 18.9 Å². The fourth-order valence-corrected chi connectivity index (χ4v) is 2.99. The summed E-state index contributed by atoms with van der Waals surface area (Å²) in [6.07, 6.45) is -4.40. The van der Waals surface area contributed by atoms with Gasteiger partial charge in [-0.2, -0.15) is 13.2 Å². The molecule has 0 aliphatic carbocycles. The third-order valence-electron chi connectivity index (χ3n) is 4.04. The zero-order valence-corrected chi connectivity index (χ0v) is 16.5. The molecule has 0 spiro atoms. The standard InChI is InChI=1S/C19H16BrF3N2O4/c20-13-3-6-15-16(9-13)29-11-18(27)25(15)10-17(26)24-7-8-28-14-4-1-12(2-5-14)19(21,22)23/h1-6,9H,7-8,10-11H2,(H,24,26). The number of nitrogens with one attached hydrogen (secondary N) is 1. The zero-order chi connectivity index (χ0) is 21.0. The Labute approximate surface area is 172 Å². The van der Waals surface area contributed by atoms with E-state index in [1.54, 1.807) is 18.2 Å². The van der Waals surface area contributed by atoms with Crippen molar-refractivity contribution in [3.8, 4) is 11.5 Å². The molecule has 29 heavy (non-hydrogen) atoms. The first kappa shape index (κ1) is 21.0. The summed E-state index contributed by atoms with van der Waals surface area (Å²) in [6.45, 7) is -0.145. The lowest BCUT2D eigenvalue weighted by molar-refractivity contribution is -0.137. The maximum Gasteiger partial charge on any atom is 0.416 e. The Morgan fingerprint density at radius 3 is 2.62 bits per heavy atom. The number of halogens is 4. The molecule has 10 heteroatoms. The molecule has 154 valence electrons. The second-order valence-corrected chi connectivity index (χ2v) is 7.02. The first-order valence-electron chi connectivity index (χ1n) is 8.53. The highest BCUT2D eigenvalue weighted by molar-refractivity contribution is 9.10. The Kier molecular flexibility index (Phi) is 6.31. The average molecular weight is 473 g/mol. The number of fused-ring (bicyclic) bond motifs is 1. The van der Waals surface area contributed by atoms with Gasteiger partial charge >= 0.3 is 6.18 Å². The van der Waals surface area contributed by atoms with Crippen LogP contribution < -0.4 is 19.7 Å². The lowest BCUT2D eigenvalue weighted by Gasteiger charge is -2.29. The minimum absolute atomic E-state index is 0.0672. The lowest BCUT2D eigenvalue weighted by Crippen LogP contribution is -2.45. The molecule has 0 saturated heterocycles. The minimum atomic E-state index is -4.40. The van der Waals surface area contributed by atoms with Crippen molar-refractivity contribution >= 4 is 33.4 Å². The van der Waals surface area contributed by atoms with E-state index in [0.717, 1.165) is 16.6 Å². The Bertz CT molecular complexity index is 903. The van der Waals surface area contributed by atoms with E-state index in [1.165, 1.54) is 17.0 Å². The Balaban J connectivity index is 1.48. The quantitative estimate of drug-likeness (QED) is 0.654. The van der Waals surface area contributed by atoms with Crippen LogP contribution in [0, 0.1) is 0 Å². The van der Waals surface area contributed by atoms with Crippen LogP contribution in [0.15, 0.2) is 46.9 Å². The van der Waals surface area contributed by atoms with Crippen molar-refractivity contribution in [1.82, 2.24) is 5.32 Å². The molecular weight excluding hydrogens is 457 g/mol. The maximum atomic E-state index is 12.5. The highest BCUT2D eigenvalue weighted by atomic mass is 79.9. The summed E-state index contributed by atoms with van der Waals surface area (Å²) in [5.74, 6) is 0.0219. The molecule has 0 radical (unpaired) electrons. The number of benzene rings is 2. The molecule has 6 nitrogen and oxygen atoms in total. The van der Waals surface area contributed by atoms with Gasteiger partial charge in [-0.15, -0.1) is 0 Å². The van der Waals surface area contributed by atoms with Crippen LogP contribution in [-0.2, 0) is 15.8 Å². The average Bonchev–Trinajstić information content (AvgIpc) is 2.67. The number of ether oxygens (including phenoxy) is 2. The van der Waals surface area contributed by atoms with Gasteiger partial charge in [-0.1, -0.05) is 15.9 Å². The summed E-state index contributed by atoms with van der Waals surface area (Å²) >= 11 is 3.32. The number of rotatable bonds is 6. The molecule has 0 aromatic heterocycles. The predicted octanol–water partition coefficient (Wildman–Crippen LogP) is 3.39. The number of nitrogens with zero attached hydrogens (tertiary/aromatic N) is 1. The molecule has 0 atom stereocenters. The minimum Gasteiger partial charge on any atom is -0.492 e. The SMILES string of the molecule is O=C(CN1C(=O)COc2cc(Br)ccc21)NCCOc1ccc(C(F)(F)F)cc1. The van der Waals surface area contributed by atoms with Gasteiger partial charge < -0.3 is 14.8 Å². The van der Waals surface area contributed by atoms with Crippen LogP contribution >= 0.6 is 15.9 Å². The van der Waals surface area contributed by atoms with E-state index in [4.69, 9.17) is 9.47 Å². The van der Waals surface area contributed by atoms with Crippen LogP contribution in [0.2, 0.25) is 0 Å². The molecule has 2 aromatic carbocycles. The summed E-state index contributed by atoms with van der Waals surface area (Å²) < 4.78 is 49.0. The molecule has 1 heterocycles. The van der Waals surface area contributed by atoms with Gasteiger partial charge in [0.05, 0.1) is 17.8 Å². The summed E-state index contributed by atoms with van der Waals surface area (Å²) in [4.78, 5) is 25.6. The normalized spacial score (nSPS) is 13.5. The molecule has 0 saturated carbocycles. The lowest BCUT2D eigenvalue weighted by atomic mass is 10.2. The van der Waals surface area contributed by atoms with Crippen molar-refractivity contribution in [2.75, 3.05) is 31.2 Å². The van der Waals surface area contributed by atoms with E-state index in [9.17, 15) is 22.8 Å². The predicted molar refractivity (Wildman–Crippen MR) is 102 cm³/mol. The van der Waals surface area contributed by atoms with Crippen molar-refractivity contribution in [3.05, 3.63) is 52.5 Å². The molecule has 0 fully saturated rings. The van der Waals surface area contributed by atoms with Gasteiger partial charge in [-0.3, -0.25) is 14.5 Å². The van der Waals surface area contributed by atoms with Crippen LogP contribution in [0.3, 0.4) is 0 Å². The van der Waals surface area contributed by atoms with Gasteiger partial charge in [0, 0.05) is 4.47 Å². The second-order valence-electron chi connectivity index (χ2n) is 6.10. The number of anilines is 1. The highest BCUT2D eigenvalue weighted by Gasteiger charge is 2.30. The maximum absolute atomic E-state index is 12.5. The molecule has 1 aliphatic rings. The summed E-state index contributed by atoms with van der Waals surface area (Å²) in [5.41, 5.74) is -0.263. The second kappa shape index (κ2) is 8.73. The van der Waals surface area contributed by atoms with Crippen LogP contribution in [-0.4, -0.2) is 38.1 Å². The first-order valence-corrected chi connectivity index (χ1v) is 9.33. The largest absolute Gasteiger partial charge is 0.492 e. The third kappa shape index (κ3) is 5.41. The van der Waals surface area contributed by atoms with Gasteiger partial charge in [0.1, 0.15) is 24.7 Å². The molecule has 2 amide bonds. The number of carbonyl (C=O) groups excluding carboxylic acids is 2. The van der Waals surface area contributed by atoms with Gasteiger partial charge in [-0.05, 0) is 42.5 Å². The zero-order valence-electron chi connectivity index (χ0n) is 15.0.